The standard InChI is InChI=1S/C25H35NO3/c1-17-13-20-14-19(7-8-22(20)29-17)16-26(11-6-12-28-5)23(27)25-10-9-21(15-25)24(3,4)18(25)2/h7-8,14,17,21H,2,6,9-13,15-16H2,1,3-5H3/t17-,21+,25-/m1/s1. The van der Waals surface area contributed by atoms with Crippen LogP contribution in [0, 0.1) is 16.7 Å². The molecule has 4 rings (SSSR count). The molecule has 0 unspecified atom stereocenters. The summed E-state index contributed by atoms with van der Waals surface area (Å²) in [5.41, 5.74) is 3.29. The number of fused-ring (bicyclic) bond motifs is 3. The van der Waals surface area contributed by atoms with Crippen molar-refractivity contribution in [3.05, 3.63) is 41.5 Å². The van der Waals surface area contributed by atoms with Crippen LogP contribution >= 0.6 is 0 Å². The van der Waals surface area contributed by atoms with E-state index < -0.39 is 0 Å². The molecule has 0 spiro atoms. The maximum absolute atomic E-state index is 13.9. The van der Waals surface area contributed by atoms with Crippen molar-refractivity contribution in [2.45, 2.75) is 65.5 Å². The Kier molecular flexibility index (Phi) is 5.27. The molecule has 0 N–H and O–H groups in total. The highest BCUT2D eigenvalue weighted by Gasteiger charge is 2.61. The van der Waals surface area contributed by atoms with Gasteiger partial charge in [-0.05, 0) is 61.1 Å². The Bertz CT molecular complexity index is 814. The molecular formula is C25H35NO3. The van der Waals surface area contributed by atoms with E-state index in [0.717, 1.165) is 50.0 Å². The first-order valence-electron chi connectivity index (χ1n) is 11.0. The van der Waals surface area contributed by atoms with Crippen molar-refractivity contribution < 1.29 is 14.3 Å². The van der Waals surface area contributed by atoms with Gasteiger partial charge in [-0.1, -0.05) is 38.1 Å². The SMILES string of the molecule is C=C1C(C)(C)[C@H]2CC[C@@]1(C(=O)N(CCCOC)Cc1ccc3c(c1)C[C@@H](C)O3)C2. The van der Waals surface area contributed by atoms with Gasteiger partial charge in [0, 0.05) is 33.2 Å². The largest absolute Gasteiger partial charge is 0.490 e. The zero-order chi connectivity index (χ0) is 20.8. The molecular weight excluding hydrogens is 362 g/mol. The molecule has 2 bridgehead atoms. The second-order valence-electron chi connectivity index (χ2n) is 9.87. The molecule has 4 nitrogen and oxygen atoms in total. The quantitative estimate of drug-likeness (QED) is 0.492. The summed E-state index contributed by atoms with van der Waals surface area (Å²) < 4.78 is 11.1. The first kappa shape index (κ1) is 20.5. The number of ether oxygens (including phenoxy) is 2. The Morgan fingerprint density at radius 2 is 2.17 bits per heavy atom. The molecule has 1 aliphatic heterocycles. The summed E-state index contributed by atoms with van der Waals surface area (Å²) >= 11 is 0. The van der Waals surface area contributed by atoms with Gasteiger partial charge in [-0.2, -0.15) is 0 Å². The van der Waals surface area contributed by atoms with Crippen LogP contribution in [-0.2, 0) is 22.5 Å². The van der Waals surface area contributed by atoms with Crippen LogP contribution in [0.5, 0.6) is 5.75 Å². The lowest BCUT2D eigenvalue weighted by atomic mass is 9.68. The lowest BCUT2D eigenvalue weighted by Gasteiger charge is -2.40. The van der Waals surface area contributed by atoms with Crippen LogP contribution in [-0.4, -0.2) is 37.2 Å². The molecule has 1 aromatic carbocycles. The molecule has 3 aliphatic rings. The Hall–Kier alpha value is -1.81. The maximum Gasteiger partial charge on any atom is 0.233 e. The first-order chi connectivity index (χ1) is 13.8. The van der Waals surface area contributed by atoms with Gasteiger partial charge in [-0.3, -0.25) is 4.79 Å². The van der Waals surface area contributed by atoms with E-state index in [1.54, 1.807) is 7.11 Å². The summed E-state index contributed by atoms with van der Waals surface area (Å²) in [4.78, 5) is 16.0. The topological polar surface area (TPSA) is 38.8 Å². The van der Waals surface area contributed by atoms with Gasteiger partial charge >= 0.3 is 0 Å². The summed E-state index contributed by atoms with van der Waals surface area (Å²) in [6, 6.07) is 6.39. The molecule has 4 heteroatoms. The van der Waals surface area contributed by atoms with Crippen molar-refractivity contribution in [2.24, 2.45) is 16.7 Å². The van der Waals surface area contributed by atoms with Gasteiger partial charge in [0.2, 0.25) is 5.91 Å². The summed E-state index contributed by atoms with van der Waals surface area (Å²) in [5.74, 6) is 1.84. The Morgan fingerprint density at radius 1 is 1.38 bits per heavy atom. The predicted molar refractivity (Wildman–Crippen MR) is 115 cm³/mol. The number of amides is 1. The summed E-state index contributed by atoms with van der Waals surface area (Å²) in [5, 5.41) is 0. The van der Waals surface area contributed by atoms with Crippen molar-refractivity contribution in [2.75, 3.05) is 20.3 Å². The van der Waals surface area contributed by atoms with E-state index in [-0.39, 0.29) is 22.8 Å². The Labute approximate surface area is 175 Å². The number of benzene rings is 1. The predicted octanol–water partition coefficient (Wildman–Crippen LogP) is 4.76. The summed E-state index contributed by atoms with van der Waals surface area (Å²) in [6.45, 7) is 13.1. The average Bonchev–Trinajstić information content (AvgIpc) is 3.34. The molecule has 1 heterocycles. The summed E-state index contributed by atoms with van der Waals surface area (Å²) in [7, 11) is 1.72. The van der Waals surface area contributed by atoms with E-state index in [2.05, 4.69) is 50.4 Å². The van der Waals surface area contributed by atoms with Crippen LogP contribution in [0.4, 0.5) is 0 Å². The molecule has 0 aromatic heterocycles. The fraction of sp³-hybridized carbons (Fsp3) is 0.640. The van der Waals surface area contributed by atoms with E-state index in [1.165, 1.54) is 11.1 Å². The third kappa shape index (κ3) is 3.39. The number of hydrogen-bond acceptors (Lipinski definition) is 3. The third-order valence-corrected chi connectivity index (χ3v) is 7.70. The molecule has 158 valence electrons. The monoisotopic (exact) mass is 397 g/mol. The highest BCUT2D eigenvalue weighted by Crippen LogP contribution is 2.66. The Balaban J connectivity index is 1.57. The first-order valence-corrected chi connectivity index (χ1v) is 11.0. The van der Waals surface area contributed by atoms with Crippen molar-refractivity contribution in [3.63, 3.8) is 0 Å². The number of methoxy groups -OCH3 is 1. The van der Waals surface area contributed by atoms with Crippen LogP contribution in [0.3, 0.4) is 0 Å². The molecule has 1 amide bonds. The molecule has 2 saturated carbocycles. The fourth-order valence-electron chi connectivity index (χ4n) is 5.87. The fourth-order valence-corrected chi connectivity index (χ4v) is 5.87. The molecule has 3 atom stereocenters. The molecule has 0 saturated heterocycles. The van der Waals surface area contributed by atoms with Crippen LogP contribution in [0.2, 0.25) is 0 Å². The highest BCUT2D eigenvalue weighted by molar-refractivity contribution is 5.87. The zero-order valence-corrected chi connectivity index (χ0v) is 18.4. The third-order valence-electron chi connectivity index (χ3n) is 7.70. The van der Waals surface area contributed by atoms with Crippen molar-refractivity contribution in [3.8, 4) is 5.75 Å². The Morgan fingerprint density at radius 3 is 2.86 bits per heavy atom. The van der Waals surface area contributed by atoms with Crippen molar-refractivity contribution >= 4 is 5.91 Å². The average molecular weight is 398 g/mol. The van der Waals surface area contributed by atoms with Gasteiger partial charge in [0.05, 0.1) is 5.41 Å². The van der Waals surface area contributed by atoms with E-state index in [9.17, 15) is 4.79 Å². The number of rotatable bonds is 7. The second-order valence-corrected chi connectivity index (χ2v) is 9.87. The molecule has 29 heavy (non-hydrogen) atoms. The van der Waals surface area contributed by atoms with Crippen LogP contribution in [0.15, 0.2) is 30.4 Å². The minimum absolute atomic E-state index is 0.0627. The van der Waals surface area contributed by atoms with E-state index in [0.29, 0.717) is 19.1 Å². The van der Waals surface area contributed by atoms with Gasteiger partial charge in [-0.15, -0.1) is 0 Å². The van der Waals surface area contributed by atoms with Crippen LogP contribution in [0.1, 0.15) is 57.6 Å². The molecule has 2 fully saturated rings. The highest BCUT2D eigenvalue weighted by atomic mass is 16.5. The minimum atomic E-state index is -0.365. The minimum Gasteiger partial charge on any atom is -0.490 e. The zero-order valence-electron chi connectivity index (χ0n) is 18.4. The number of hydrogen-bond donors (Lipinski definition) is 0. The van der Waals surface area contributed by atoms with Gasteiger partial charge < -0.3 is 14.4 Å². The normalized spacial score (nSPS) is 29.0. The van der Waals surface area contributed by atoms with Gasteiger partial charge in [0.15, 0.2) is 0 Å². The smallest absolute Gasteiger partial charge is 0.233 e. The molecule has 0 radical (unpaired) electrons. The van der Waals surface area contributed by atoms with Crippen molar-refractivity contribution in [1.29, 1.82) is 0 Å². The van der Waals surface area contributed by atoms with Crippen LogP contribution in [0.25, 0.3) is 0 Å². The molecule has 2 aliphatic carbocycles. The van der Waals surface area contributed by atoms with E-state index in [4.69, 9.17) is 9.47 Å². The number of carbonyl (C=O) groups excluding carboxylic acids is 1. The lowest BCUT2D eigenvalue weighted by molar-refractivity contribution is -0.140. The van der Waals surface area contributed by atoms with Crippen molar-refractivity contribution in [1.82, 2.24) is 4.90 Å². The number of nitrogens with zero attached hydrogens (tertiary/aromatic N) is 1. The van der Waals surface area contributed by atoms with Crippen LogP contribution < -0.4 is 4.74 Å². The van der Waals surface area contributed by atoms with Gasteiger partial charge in [0.1, 0.15) is 11.9 Å². The lowest BCUT2D eigenvalue weighted by Crippen LogP contribution is -2.44. The second kappa shape index (κ2) is 7.46. The maximum atomic E-state index is 13.9. The van der Waals surface area contributed by atoms with Gasteiger partial charge in [0.25, 0.3) is 0 Å². The van der Waals surface area contributed by atoms with E-state index >= 15 is 0 Å². The van der Waals surface area contributed by atoms with Gasteiger partial charge in [-0.25, -0.2) is 0 Å². The summed E-state index contributed by atoms with van der Waals surface area (Å²) in [6.07, 6.45) is 5.08. The molecule has 1 aromatic rings. The van der Waals surface area contributed by atoms with E-state index in [1.807, 2.05) is 0 Å². The number of carbonyl (C=O) groups is 1.